The van der Waals surface area contributed by atoms with Gasteiger partial charge in [-0.05, 0) is 93.4 Å². The quantitative estimate of drug-likeness (QED) is 0.254. The van der Waals surface area contributed by atoms with Crippen molar-refractivity contribution in [1.29, 1.82) is 0 Å². The summed E-state index contributed by atoms with van der Waals surface area (Å²) in [5, 5.41) is 0. The van der Waals surface area contributed by atoms with E-state index >= 15 is 0 Å². The summed E-state index contributed by atoms with van der Waals surface area (Å²) in [6.07, 6.45) is 6.71. The third-order valence-electron chi connectivity index (χ3n) is 7.58. The zero-order valence-electron chi connectivity index (χ0n) is 21.3. The van der Waals surface area contributed by atoms with Gasteiger partial charge < -0.3 is 14.2 Å². The summed E-state index contributed by atoms with van der Waals surface area (Å²) in [7, 11) is 0. The number of esters is 1. The van der Waals surface area contributed by atoms with Crippen molar-refractivity contribution in [3.05, 3.63) is 77.1 Å². The van der Waals surface area contributed by atoms with Crippen LogP contribution in [0.25, 0.3) is 0 Å². The highest BCUT2D eigenvalue weighted by atomic mass is 19.2. The molecule has 0 radical (unpaired) electrons. The number of benzene rings is 2. The maximum Gasteiger partial charge on any atom is 0.341 e. The average molecular weight is 517 g/mol. The lowest BCUT2D eigenvalue weighted by Crippen LogP contribution is -2.25. The Labute approximate surface area is 216 Å². The molecule has 7 heteroatoms. The normalized spacial score (nSPS) is 23.9. The first-order chi connectivity index (χ1) is 17.9. The molecule has 4 rings (SSSR count). The van der Waals surface area contributed by atoms with Crippen molar-refractivity contribution in [1.82, 2.24) is 0 Å². The smallest absolute Gasteiger partial charge is 0.341 e. The predicted octanol–water partition coefficient (Wildman–Crippen LogP) is 7.61. The number of hydrogen-bond donors (Lipinski definition) is 0. The highest BCUT2D eigenvalue weighted by Crippen LogP contribution is 2.38. The minimum absolute atomic E-state index is 0.00492. The molecule has 0 heterocycles. The van der Waals surface area contributed by atoms with E-state index in [1.165, 1.54) is 18.2 Å². The Hall–Kier alpha value is -2.80. The molecular formula is C30H35F3O4. The Balaban J connectivity index is 1.32. The van der Waals surface area contributed by atoms with Crippen LogP contribution in [0.2, 0.25) is 0 Å². The molecule has 0 saturated heterocycles. The van der Waals surface area contributed by atoms with Crippen molar-refractivity contribution in [2.45, 2.75) is 82.3 Å². The standard InChI is InChI=1S/C30H35F3O4/c1-3-17-36-23-13-14-24(27(31)18-23)19-7-11-22(12-8-19)37-30(34)26-16-15-25(28(32)29(26)33)20-5-9-21(10-6-20)35-4-2/h3,13-16,18-22H,1,4-12,17H2,2H3. The van der Waals surface area contributed by atoms with E-state index in [1.807, 2.05) is 6.92 Å². The molecule has 4 nitrogen and oxygen atoms in total. The van der Waals surface area contributed by atoms with Crippen LogP contribution in [-0.2, 0) is 9.47 Å². The molecule has 0 unspecified atom stereocenters. The zero-order valence-corrected chi connectivity index (χ0v) is 21.3. The van der Waals surface area contributed by atoms with Crippen LogP contribution in [0.15, 0.2) is 43.0 Å². The van der Waals surface area contributed by atoms with E-state index in [-0.39, 0.29) is 29.3 Å². The van der Waals surface area contributed by atoms with Crippen LogP contribution in [0.5, 0.6) is 5.75 Å². The van der Waals surface area contributed by atoms with E-state index in [0.29, 0.717) is 55.8 Å². The Bertz CT molecular complexity index is 1090. The van der Waals surface area contributed by atoms with E-state index in [1.54, 1.807) is 18.2 Å². The largest absolute Gasteiger partial charge is 0.489 e. The summed E-state index contributed by atoms with van der Waals surface area (Å²) in [5.41, 5.74) is 0.537. The highest BCUT2D eigenvalue weighted by molar-refractivity contribution is 5.90. The van der Waals surface area contributed by atoms with Gasteiger partial charge in [0.25, 0.3) is 0 Å². The first-order valence-corrected chi connectivity index (χ1v) is 13.2. The predicted molar refractivity (Wildman–Crippen MR) is 135 cm³/mol. The third-order valence-corrected chi connectivity index (χ3v) is 7.58. The van der Waals surface area contributed by atoms with Gasteiger partial charge in [0.15, 0.2) is 11.6 Å². The molecule has 0 aromatic heterocycles. The van der Waals surface area contributed by atoms with Crippen LogP contribution < -0.4 is 4.74 Å². The average Bonchev–Trinajstić information content (AvgIpc) is 2.90. The molecule has 2 aromatic carbocycles. The number of hydrogen-bond acceptors (Lipinski definition) is 4. The van der Waals surface area contributed by atoms with E-state index in [4.69, 9.17) is 14.2 Å². The van der Waals surface area contributed by atoms with Crippen molar-refractivity contribution in [2.24, 2.45) is 0 Å². The Morgan fingerprint density at radius 3 is 2.14 bits per heavy atom. The van der Waals surface area contributed by atoms with Gasteiger partial charge in [-0.25, -0.2) is 18.0 Å². The van der Waals surface area contributed by atoms with Gasteiger partial charge in [-0.1, -0.05) is 24.8 Å². The lowest BCUT2D eigenvalue weighted by atomic mass is 9.82. The zero-order chi connectivity index (χ0) is 26.4. The summed E-state index contributed by atoms with van der Waals surface area (Å²) in [5.74, 6) is -2.95. The first kappa shape index (κ1) is 27.2. The molecule has 2 fully saturated rings. The molecule has 0 atom stereocenters. The van der Waals surface area contributed by atoms with Crippen molar-refractivity contribution >= 4 is 5.97 Å². The molecule has 37 heavy (non-hydrogen) atoms. The summed E-state index contributed by atoms with van der Waals surface area (Å²) < 4.78 is 61.0. The van der Waals surface area contributed by atoms with Crippen molar-refractivity contribution in [3.63, 3.8) is 0 Å². The Morgan fingerprint density at radius 1 is 0.892 bits per heavy atom. The number of rotatable bonds is 9. The van der Waals surface area contributed by atoms with Crippen molar-refractivity contribution in [3.8, 4) is 5.75 Å². The number of carbonyl (C=O) groups excluding carboxylic acids is 1. The van der Waals surface area contributed by atoms with Crippen LogP contribution in [0.4, 0.5) is 13.2 Å². The summed E-state index contributed by atoms with van der Waals surface area (Å²) in [6.45, 7) is 6.48. The molecule has 200 valence electrons. The van der Waals surface area contributed by atoms with Gasteiger partial charge in [-0.3, -0.25) is 0 Å². The van der Waals surface area contributed by atoms with Gasteiger partial charge in [-0.15, -0.1) is 0 Å². The van der Waals surface area contributed by atoms with Crippen LogP contribution >= 0.6 is 0 Å². The van der Waals surface area contributed by atoms with Crippen LogP contribution in [0.1, 0.15) is 91.6 Å². The number of halogens is 3. The monoisotopic (exact) mass is 516 g/mol. The van der Waals surface area contributed by atoms with E-state index in [2.05, 4.69) is 6.58 Å². The molecule has 2 aliphatic carbocycles. The third kappa shape index (κ3) is 6.56. The number of ether oxygens (including phenoxy) is 3. The maximum atomic E-state index is 14.9. The molecule has 0 aliphatic heterocycles. The molecule has 0 amide bonds. The fraction of sp³-hybridized carbons (Fsp3) is 0.500. The first-order valence-electron chi connectivity index (χ1n) is 13.2. The van der Waals surface area contributed by atoms with Gasteiger partial charge in [0.1, 0.15) is 24.3 Å². The van der Waals surface area contributed by atoms with E-state index in [0.717, 1.165) is 25.7 Å². The fourth-order valence-electron chi connectivity index (χ4n) is 5.60. The second-order valence-corrected chi connectivity index (χ2v) is 9.92. The van der Waals surface area contributed by atoms with Gasteiger partial charge >= 0.3 is 5.97 Å². The molecule has 2 aliphatic rings. The van der Waals surface area contributed by atoms with E-state index in [9.17, 15) is 18.0 Å². The molecule has 2 saturated carbocycles. The van der Waals surface area contributed by atoms with Gasteiger partial charge in [0, 0.05) is 12.7 Å². The molecule has 0 spiro atoms. The lowest BCUT2D eigenvalue weighted by molar-refractivity contribution is 0.0188. The summed E-state index contributed by atoms with van der Waals surface area (Å²) >= 11 is 0. The van der Waals surface area contributed by atoms with Crippen molar-refractivity contribution < 1.29 is 32.2 Å². The van der Waals surface area contributed by atoms with Crippen molar-refractivity contribution in [2.75, 3.05) is 13.2 Å². The summed E-state index contributed by atoms with van der Waals surface area (Å²) in [6, 6.07) is 7.69. The second-order valence-electron chi connectivity index (χ2n) is 9.92. The minimum Gasteiger partial charge on any atom is -0.489 e. The Kier molecular flexibility index (Phi) is 9.30. The molecule has 0 N–H and O–H groups in total. The molecule has 0 bridgehead atoms. The Morgan fingerprint density at radius 2 is 1.51 bits per heavy atom. The maximum absolute atomic E-state index is 14.9. The van der Waals surface area contributed by atoms with Crippen LogP contribution in [0, 0.1) is 17.5 Å². The number of carbonyl (C=O) groups is 1. The minimum atomic E-state index is -1.15. The highest BCUT2D eigenvalue weighted by Gasteiger charge is 2.30. The van der Waals surface area contributed by atoms with Gasteiger partial charge in [0.2, 0.25) is 0 Å². The van der Waals surface area contributed by atoms with Crippen LogP contribution in [-0.4, -0.2) is 31.4 Å². The lowest BCUT2D eigenvalue weighted by Gasteiger charge is -2.29. The fourth-order valence-corrected chi connectivity index (χ4v) is 5.60. The van der Waals surface area contributed by atoms with Gasteiger partial charge in [0.05, 0.1) is 11.7 Å². The second kappa shape index (κ2) is 12.6. The van der Waals surface area contributed by atoms with Crippen LogP contribution in [0.3, 0.4) is 0 Å². The molecular weight excluding hydrogens is 481 g/mol. The van der Waals surface area contributed by atoms with Gasteiger partial charge in [-0.2, -0.15) is 0 Å². The summed E-state index contributed by atoms with van der Waals surface area (Å²) in [4.78, 5) is 12.7. The SMILES string of the molecule is C=CCOc1ccc(C2CCC(OC(=O)c3ccc(C4CCC(OCC)CC4)c(F)c3F)CC2)c(F)c1. The molecule has 2 aromatic rings. The van der Waals surface area contributed by atoms with E-state index < -0.39 is 23.7 Å². The topological polar surface area (TPSA) is 44.8 Å².